The van der Waals surface area contributed by atoms with Gasteiger partial charge in [0.1, 0.15) is 11.6 Å². The van der Waals surface area contributed by atoms with Gasteiger partial charge in [0.25, 0.3) is 11.7 Å². The summed E-state index contributed by atoms with van der Waals surface area (Å²) in [7, 11) is 0. The number of carbonyl (C=O) groups excluding carboxylic acids is 2. The maximum Gasteiger partial charge on any atom is 0.295 e. The Kier molecular flexibility index (Phi) is 6.09. The number of aliphatic hydroxyl groups excluding tert-OH is 1. The number of hydrogen-bond acceptors (Lipinski definition) is 4. The minimum atomic E-state index is -0.855. The average molecular weight is 459 g/mol. The van der Waals surface area contributed by atoms with Crippen molar-refractivity contribution in [1.29, 1.82) is 0 Å². The topological polar surface area (TPSA) is 70.5 Å². The van der Waals surface area contributed by atoms with Gasteiger partial charge in [-0.1, -0.05) is 45.0 Å². The number of amides is 1. The first-order valence-electron chi connectivity index (χ1n) is 11.1. The van der Waals surface area contributed by atoms with Crippen LogP contribution in [-0.4, -0.2) is 26.7 Å². The van der Waals surface area contributed by atoms with E-state index >= 15 is 0 Å². The van der Waals surface area contributed by atoms with Crippen molar-refractivity contribution in [2.24, 2.45) is 0 Å². The second kappa shape index (κ2) is 8.86. The molecule has 5 nitrogen and oxygen atoms in total. The molecule has 4 rings (SSSR count). The van der Waals surface area contributed by atoms with E-state index in [4.69, 9.17) is 0 Å². The maximum atomic E-state index is 13.7. The smallest absolute Gasteiger partial charge is 0.295 e. The number of hydrogen-bond donors (Lipinski definition) is 1. The molecule has 6 heteroatoms. The molecular formula is C28H27FN2O3. The number of likely N-dealkylation sites (tertiary alicyclic amines) is 1. The quantitative estimate of drug-likeness (QED) is 0.321. The SMILES string of the molecule is Cc1ccc(C(C)(C)C)cc1/C(O)=C1\C(=O)C(=O)N(Cc2ccncc2)C1c1ccc(F)cc1. The minimum Gasteiger partial charge on any atom is -0.507 e. The molecule has 3 aromatic rings. The third-order valence-corrected chi connectivity index (χ3v) is 6.19. The number of aliphatic hydroxyl groups is 1. The molecule has 0 radical (unpaired) electrons. The lowest BCUT2D eigenvalue weighted by Gasteiger charge is -2.26. The second-order valence-corrected chi connectivity index (χ2v) is 9.61. The normalized spacial score (nSPS) is 17.9. The number of benzene rings is 2. The predicted molar refractivity (Wildman–Crippen MR) is 128 cm³/mol. The zero-order valence-electron chi connectivity index (χ0n) is 19.7. The number of carbonyl (C=O) groups is 2. The fraction of sp³-hybridized carbons (Fsp3) is 0.250. The summed E-state index contributed by atoms with van der Waals surface area (Å²) >= 11 is 0. The molecule has 1 fully saturated rings. The van der Waals surface area contributed by atoms with Gasteiger partial charge < -0.3 is 10.0 Å². The number of rotatable bonds is 4. The number of pyridine rings is 1. The summed E-state index contributed by atoms with van der Waals surface area (Å²) in [5, 5.41) is 11.4. The van der Waals surface area contributed by atoms with Crippen molar-refractivity contribution in [3.8, 4) is 0 Å². The molecule has 2 aromatic carbocycles. The van der Waals surface area contributed by atoms with Gasteiger partial charge in [0.2, 0.25) is 0 Å². The largest absolute Gasteiger partial charge is 0.507 e. The Morgan fingerprint density at radius 1 is 1.03 bits per heavy atom. The molecule has 1 aliphatic rings. The van der Waals surface area contributed by atoms with Gasteiger partial charge in [0.05, 0.1) is 11.6 Å². The van der Waals surface area contributed by atoms with E-state index in [1.54, 1.807) is 24.5 Å². The zero-order chi connectivity index (χ0) is 24.6. The van der Waals surface area contributed by atoms with Gasteiger partial charge >= 0.3 is 0 Å². The predicted octanol–water partition coefficient (Wildman–Crippen LogP) is 5.45. The van der Waals surface area contributed by atoms with E-state index in [9.17, 15) is 19.1 Å². The lowest BCUT2D eigenvalue weighted by atomic mass is 9.84. The van der Waals surface area contributed by atoms with E-state index in [0.29, 0.717) is 11.1 Å². The molecule has 174 valence electrons. The average Bonchev–Trinajstić information content (AvgIpc) is 3.04. The van der Waals surface area contributed by atoms with Crippen LogP contribution in [0.2, 0.25) is 0 Å². The third kappa shape index (κ3) is 4.36. The Bertz CT molecular complexity index is 1280. The lowest BCUT2D eigenvalue weighted by Crippen LogP contribution is -2.29. The Balaban J connectivity index is 1.91. The minimum absolute atomic E-state index is 0.000163. The summed E-state index contributed by atoms with van der Waals surface area (Å²) in [5.41, 5.74) is 3.43. The fourth-order valence-corrected chi connectivity index (χ4v) is 4.21. The highest BCUT2D eigenvalue weighted by atomic mass is 19.1. The van der Waals surface area contributed by atoms with Crippen LogP contribution in [0.25, 0.3) is 5.76 Å². The summed E-state index contributed by atoms with van der Waals surface area (Å²) in [5.74, 6) is -2.13. The summed E-state index contributed by atoms with van der Waals surface area (Å²) < 4.78 is 13.7. The number of nitrogens with zero attached hydrogens (tertiary/aromatic N) is 2. The third-order valence-electron chi connectivity index (χ3n) is 6.19. The van der Waals surface area contributed by atoms with Crippen molar-refractivity contribution in [2.45, 2.75) is 45.7 Å². The van der Waals surface area contributed by atoms with Crippen molar-refractivity contribution in [3.63, 3.8) is 0 Å². The Hall–Kier alpha value is -3.80. The summed E-state index contributed by atoms with van der Waals surface area (Å²) in [6.07, 6.45) is 3.22. The van der Waals surface area contributed by atoms with Crippen LogP contribution in [0.5, 0.6) is 0 Å². The highest BCUT2D eigenvalue weighted by Crippen LogP contribution is 2.41. The first-order valence-corrected chi connectivity index (χ1v) is 11.1. The van der Waals surface area contributed by atoms with Gasteiger partial charge in [0, 0.05) is 24.5 Å². The summed E-state index contributed by atoms with van der Waals surface area (Å²) in [6, 6.07) is 14.1. The van der Waals surface area contributed by atoms with Crippen LogP contribution in [-0.2, 0) is 21.5 Å². The van der Waals surface area contributed by atoms with Crippen LogP contribution >= 0.6 is 0 Å². The molecule has 1 unspecified atom stereocenters. The van der Waals surface area contributed by atoms with Crippen molar-refractivity contribution in [1.82, 2.24) is 9.88 Å². The van der Waals surface area contributed by atoms with Crippen molar-refractivity contribution in [2.75, 3.05) is 0 Å². The molecule has 0 spiro atoms. The van der Waals surface area contributed by atoms with Crippen LogP contribution in [0.15, 0.2) is 72.6 Å². The summed E-state index contributed by atoms with van der Waals surface area (Å²) in [4.78, 5) is 31.8. The van der Waals surface area contributed by atoms with Gasteiger partial charge in [-0.2, -0.15) is 0 Å². The van der Waals surface area contributed by atoms with Crippen LogP contribution in [0.4, 0.5) is 4.39 Å². The Morgan fingerprint density at radius 2 is 1.68 bits per heavy atom. The maximum absolute atomic E-state index is 13.7. The molecule has 0 bridgehead atoms. The van der Waals surface area contributed by atoms with Crippen LogP contribution < -0.4 is 0 Å². The number of Topliss-reactive ketones (excluding diaryl/α,β-unsaturated/α-hetero) is 1. The lowest BCUT2D eigenvalue weighted by molar-refractivity contribution is -0.140. The molecule has 0 saturated carbocycles. The van der Waals surface area contributed by atoms with Crippen LogP contribution in [0, 0.1) is 12.7 Å². The highest BCUT2D eigenvalue weighted by Gasteiger charge is 2.46. The van der Waals surface area contributed by atoms with Gasteiger partial charge in [-0.05, 0) is 64.9 Å². The van der Waals surface area contributed by atoms with E-state index in [1.165, 1.54) is 29.2 Å². The fourth-order valence-electron chi connectivity index (χ4n) is 4.21. The van der Waals surface area contributed by atoms with Gasteiger partial charge in [0.15, 0.2) is 0 Å². The molecule has 1 atom stereocenters. The van der Waals surface area contributed by atoms with E-state index in [2.05, 4.69) is 25.8 Å². The summed E-state index contributed by atoms with van der Waals surface area (Å²) in [6.45, 7) is 8.18. The number of aryl methyl sites for hydroxylation is 1. The second-order valence-electron chi connectivity index (χ2n) is 9.61. The number of ketones is 1. The van der Waals surface area contributed by atoms with Crippen molar-refractivity contribution < 1.29 is 19.1 Å². The first-order chi connectivity index (χ1) is 16.1. The molecule has 2 heterocycles. The molecular weight excluding hydrogens is 431 g/mol. The molecule has 1 aromatic heterocycles. The van der Waals surface area contributed by atoms with E-state index in [-0.39, 0.29) is 23.3 Å². The molecule has 1 N–H and O–H groups in total. The molecule has 1 aliphatic heterocycles. The number of halogens is 1. The van der Waals surface area contributed by atoms with Gasteiger partial charge in [-0.15, -0.1) is 0 Å². The highest BCUT2D eigenvalue weighted by molar-refractivity contribution is 6.46. The Labute approximate surface area is 198 Å². The Morgan fingerprint density at radius 3 is 2.29 bits per heavy atom. The molecule has 1 amide bonds. The first kappa shape index (κ1) is 23.4. The van der Waals surface area contributed by atoms with E-state index < -0.39 is 23.5 Å². The molecule has 0 aliphatic carbocycles. The zero-order valence-corrected chi connectivity index (χ0v) is 19.7. The molecule has 1 saturated heterocycles. The standard InChI is InChI=1S/C28H27FN2O3/c1-17-5-8-20(28(2,3)4)15-22(17)25(32)23-24(19-6-9-21(29)10-7-19)31(27(34)26(23)33)16-18-11-13-30-14-12-18/h5-15,24,32H,16H2,1-4H3/b25-23+. The molecule has 34 heavy (non-hydrogen) atoms. The number of aromatic nitrogens is 1. The van der Waals surface area contributed by atoms with Gasteiger partial charge in [-0.3, -0.25) is 14.6 Å². The van der Waals surface area contributed by atoms with Gasteiger partial charge in [-0.25, -0.2) is 4.39 Å². The van der Waals surface area contributed by atoms with Crippen LogP contribution in [0.3, 0.4) is 0 Å². The van der Waals surface area contributed by atoms with Crippen molar-refractivity contribution in [3.05, 3.63) is 106 Å². The van der Waals surface area contributed by atoms with E-state index in [1.807, 2.05) is 25.1 Å². The monoisotopic (exact) mass is 458 g/mol. The van der Waals surface area contributed by atoms with Crippen molar-refractivity contribution >= 4 is 17.4 Å². The van der Waals surface area contributed by atoms with E-state index in [0.717, 1.165) is 16.7 Å². The van der Waals surface area contributed by atoms with Crippen LogP contribution in [0.1, 0.15) is 54.6 Å².